The molecule has 2 atom stereocenters. The van der Waals surface area contributed by atoms with Crippen molar-refractivity contribution in [3.63, 3.8) is 0 Å². The van der Waals surface area contributed by atoms with E-state index in [1.807, 2.05) is 47.4 Å². The molecule has 3 heterocycles. The van der Waals surface area contributed by atoms with Gasteiger partial charge in [0.05, 0.1) is 12.8 Å². The van der Waals surface area contributed by atoms with Crippen molar-refractivity contribution in [3.8, 4) is 5.75 Å². The molecule has 1 saturated heterocycles. The topological polar surface area (TPSA) is 92.7 Å². The summed E-state index contributed by atoms with van der Waals surface area (Å²) in [5, 5.41) is 5.39. The zero-order chi connectivity index (χ0) is 23.7. The highest BCUT2D eigenvalue weighted by molar-refractivity contribution is 6.00. The number of pyridine rings is 1. The minimum atomic E-state index is -0.516. The van der Waals surface area contributed by atoms with Gasteiger partial charge >= 0.3 is 6.03 Å². The molecule has 2 bridgehead atoms. The largest absolute Gasteiger partial charge is 0.495 e. The number of amides is 3. The summed E-state index contributed by atoms with van der Waals surface area (Å²) in [7, 11) is 1.53. The smallest absolute Gasteiger partial charge is 0.323 e. The van der Waals surface area contributed by atoms with Crippen molar-refractivity contribution in [2.75, 3.05) is 30.8 Å². The predicted octanol–water partition coefficient (Wildman–Crippen LogP) is 3.76. The fraction of sp³-hybridized carbons (Fsp3) is 0.269. The number of para-hydroxylation sites is 2. The Hall–Kier alpha value is -4.07. The van der Waals surface area contributed by atoms with E-state index in [2.05, 4.69) is 10.6 Å². The lowest BCUT2D eigenvalue weighted by Crippen LogP contribution is -2.49. The number of ether oxygens (including phenoxy) is 1. The van der Waals surface area contributed by atoms with Gasteiger partial charge in [0.25, 0.3) is 11.5 Å². The van der Waals surface area contributed by atoms with Crippen LogP contribution in [0.5, 0.6) is 5.75 Å². The van der Waals surface area contributed by atoms with Crippen molar-refractivity contribution in [1.82, 2.24) is 9.47 Å². The molecule has 0 radical (unpaired) electrons. The van der Waals surface area contributed by atoms with Crippen LogP contribution in [-0.2, 0) is 6.54 Å². The molecule has 1 fully saturated rings. The molecule has 174 valence electrons. The van der Waals surface area contributed by atoms with Gasteiger partial charge in [-0.15, -0.1) is 0 Å². The van der Waals surface area contributed by atoms with Gasteiger partial charge < -0.3 is 24.8 Å². The van der Waals surface area contributed by atoms with Crippen LogP contribution in [0.3, 0.4) is 0 Å². The third-order valence-corrected chi connectivity index (χ3v) is 6.52. The quantitative estimate of drug-likeness (QED) is 0.623. The summed E-state index contributed by atoms with van der Waals surface area (Å²) in [4.78, 5) is 40.6. The van der Waals surface area contributed by atoms with Crippen LogP contribution in [0.2, 0.25) is 0 Å². The van der Waals surface area contributed by atoms with Crippen LogP contribution < -0.4 is 20.9 Å². The first-order valence-electron chi connectivity index (χ1n) is 11.3. The number of urea groups is 1. The molecule has 0 saturated carbocycles. The Morgan fingerprint density at radius 1 is 0.882 bits per heavy atom. The van der Waals surface area contributed by atoms with Crippen molar-refractivity contribution in [2.24, 2.45) is 5.92 Å². The summed E-state index contributed by atoms with van der Waals surface area (Å²) in [6.45, 7) is 1.71. The summed E-state index contributed by atoms with van der Waals surface area (Å²) in [5.41, 5.74) is 2.08. The molecular formula is C26H26N4O4. The number of likely N-dealkylation sites (tertiary alicyclic amines) is 1. The Balaban J connectivity index is 1.33. The molecule has 3 amide bonds. The number of hydrogen-bond donors (Lipinski definition) is 2. The van der Waals surface area contributed by atoms with Crippen molar-refractivity contribution in [2.45, 2.75) is 18.9 Å². The zero-order valence-electron chi connectivity index (χ0n) is 18.9. The normalized spacial score (nSPS) is 18.6. The minimum absolute atomic E-state index is 0.0254. The first kappa shape index (κ1) is 21.8. The molecule has 34 heavy (non-hydrogen) atoms. The summed E-state index contributed by atoms with van der Waals surface area (Å²) in [6, 6.07) is 19.4. The van der Waals surface area contributed by atoms with Gasteiger partial charge in [0.2, 0.25) is 0 Å². The number of hydrogen-bond acceptors (Lipinski definition) is 4. The van der Waals surface area contributed by atoms with E-state index in [1.165, 1.54) is 7.11 Å². The number of piperidine rings is 1. The molecule has 8 nitrogen and oxygen atoms in total. The van der Waals surface area contributed by atoms with E-state index in [-0.39, 0.29) is 29.0 Å². The lowest BCUT2D eigenvalue weighted by Gasteiger charge is -2.43. The van der Waals surface area contributed by atoms with Crippen molar-refractivity contribution in [1.29, 1.82) is 0 Å². The van der Waals surface area contributed by atoms with Gasteiger partial charge in [-0.05, 0) is 48.7 Å². The van der Waals surface area contributed by atoms with Crippen LogP contribution in [-0.4, -0.2) is 41.6 Å². The molecule has 2 aromatic carbocycles. The van der Waals surface area contributed by atoms with Crippen LogP contribution in [0, 0.1) is 5.92 Å². The Morgan fingerprint density at radius 2 is 1.62 bits per heavy atom. The highest BCUT2D eigenvalue weighted by Crippen LogP contribution is 2.36. The maximum absolute atomic E-state index is 13.2. The van der Waals surface area contributed by atoms with Crippen LogP contribution in [0.4, 0.5) is 16.2 Å². The maximum atomic E-state index is 13.2. The highest BCUT2D eigenvalue weighted by atomic mass is 16.5. The second-order valence-corrected chi connectivity index (χ2v) is 8.74. The molecular weight excluding hydrogens is 432 g/mol. The Kier molecular flexibility index (Phi) is 5.79. The Labute approximate surface area is 197 Å². The molecule has 5 rings (SSSR count). The number of fused-ring (bicyclic) bond motifs is 4. The number of rotatable bonds is 4. The van der Waals surface area contributed by atoms with Gasteiger partial charge in [0, 0.05) is 36.8 Å². The van der Waals surface area contributed by atoms with Crippen molar-refractivity contribution in [3.05, 3.63) is 88.3 Å². The van der Waals surface area contributed by atoms with Gasteiger partial charge in [0.15, 0.2) is 0 Å². The highest BCUT2D eigenvalue weighted by Gasteiger charge is 2.37. The van der Waals surface area contributed by atoms with E-state index in [0.29, 0.717) is 36.6 Å². The molecule has 2 aliphatic rings. The average molecular weight is 459 g/mol. The average Bonchev–Trinajstić information content (AvgIpc) is 2.86. The van der Waals surface area contributed by atoms with Gasteiger partial charge in [-0.25, -0.2) is 4.79 Å². The summed E-state index contributed by atoms with van der Waals surface area (Å²) in [5.74, 6) is 0.832. The van der Waals surface area contributed by atoms with Crippen LogP contribution >= 0.6 is 0 Å². The standard InChI is InChI=1S/C26H26N4O4/c1-34-23-10-6-5-9-20(23)27-26(33)28-21-11-12-22-19-13-17(15-30(22)25(21)32)14-29(16-19)24(31)18-7-3-2-4-8-18/h2-12,17,19H,13-16H2,1H3,(H2,27,28,33). The van der Waals surface area contributed by atoms with Crippen molar-refractivity contribution < 1.29 is 14.3 Å². The number of carbonyl (C=O) groups is 2. The number of nitrogens with zero attached hydrogens (tertiary/aromatic N) is 2. The zero-order valence-corrected chi connectivity index (χ0v) is 18.9. The number of carbonyl (C=O) groups excluding carboxylic acids is 2. The van der Waals surface area contributed by atoms with Gasteiger partial charge in [-0.2, -0.15) is 0 Å². The monoisotopic (exact) mass is 458 g/mol. The molecule has 8 heteroatoms. The molecule has 0 spiro atoms. The maximum Gasteiger partial charge on any atom is 0.323 e. The number of benzene rings is 2. The Morgan fingerprint density at radius 3 is 2.41 bits per heavy atom. The van der Waals surface area contributed by atoms with Gasteiger partial charge in [-0.1, -0.05) is 30.3 Å². The first-order valence-corrected chi connectivity index (χ1v) is 11.3. The fourth-order valence-corrected chi connectivity index (χ4v) is 4.99. The van der Waals surface area contributed by atoms with Crippen LogP contribution in [0.1, 0.15) is 28.4 Å². The lowest BCUT2D eigenvalue weighted by molar-refractivity contribution is 0.0594. The van der Waals surface area contributed by atoms with Gasteiger partial charge in [0.1, 0.15) is 11.4 Å². The van der Waals surface area contributed by atoms with E-state index in [1.54, 1.807) is 28.8 Å². The van der Waals surface area contributed by atoms with Crippen LogP contribution in [0.15, 0.2) is 71.5 Å². The van der Waals surface area contributed by atoms with E-state index in [0.717, 1.165) is 12.1 Å². The predicted molar refractivity (Wildman–Crippen MR) is 130 cm³/mol. The summed E-state index contributed by atoms with van der Waals surface area (Å²) >= 11 is 0. The number of nitrogens with one attached hydrogen (secondary N) is 2. The molecule has 2 N–H and O–H groups in total. The third-order valence-electron chi connectivity index (χ3n) is 6.52. The van der Waals surface area contributed by atoms with E-state index >= 15 is 0 Å². The fourth-order valence-electron chi connectivity index (χ4n) is 4.99. The SMILES string of the molecule is COc1ccccc1NC(=O)Nc1ccc2n(c1=O)CC1CC2CN(C(=O)c2ccccc2)C1. The van der Waals surface area contributed by atoms with E-state index in [9.17, 15) is 14.4 Å². The van der Waals surface area contributed by atoms with Gasteiger partial charge in [-0.3, -0.25) is 9.59 Å². The lowest BCUT2D eigenvalue weighted by atomic mass is 9.83. The Bertz CT molecular complexity index is 1290. The van der Waals surface area contributed by atoms with E-state index in [4.69, 9.17) is 4.74 Å². The molecule has 1 aromatic heterocycles. The molecule has 2 aliphatic heterocycles. The van der Waals surface area contributed by atoms with Crippen molar-refractivity contribution >= 4 is 23.3 Å². The molecule has 3 aromatic rings. The van der Waals surface area contributed by atoms with E-state index < -0.39 is 6.03 Å². The number of aromatic nitrogens is 1. The first-order chi connectivity index (χ1) is 16.5. The third kappa shape index (κ3) is 4.14. The molecule has 0 aliphatic carbocycles. The molecule has 2 unspecified atom stereocenters. The number of anilines is 2. The second-order valence-electron chi connectivity index (χ2n) is 8.74. The second kappa shape index (κ2) is 9.05. The van der Waals surface area contributed by atoms with Crippen LogP contribution in [0.25, 0.3) is 0 Å². The summed E-state index contributed by atoms with van der Waals surface area (Å²) in [6.07, 6.45) is 0.944. The minimum Gasteiger partial charge on any atom is -0.495 e. The summed E-state index contributed by atoms with van der Waals surface area (Å²) < 4.78 is 7.01. The number of methoxy groups -OCH3 is 1.